The van der Waals surface area contributed by atoms with E-state index in [1.165, 1.54) is 6.34 Å². The van der Waals surface area contributed by atoms with Gasteiger partial charge in [0.25, 0.3) is 5.92 Å². The predicted molar refractivity (Wildman–Crippen MR) is 92.2 cm³/mol. The summed E-state index contributed by atoms with van der Waals surface area (Å²) >= 11 is 3.28. The molecule has 24 heavy (non-hydrogen) atoms. The van der Waals surface area contributed by atoms with Crippen LogP contribution in [-0.4, -0.2) is 62.4 Å². The zero-order chi connectivity index (χ0) is 17.9. The fourth-order valence-corrected chi connectivity index (χ4v) is 2.86. The number of hydrogen-bond acceptors (Lipinski definition) is 4. The van der Waals surface area contributed by atoms with Gasteiger partial charge in [-0.15, -0.1) is 0 Å². The molecule has 1 fully saturated rings. The van der Waals surface area contributed by atoms with Gasteiger partial charge in [0.2, 0.25) is 0 Å². The Balaban J connectivity index is 2.36. The molecule has 1 heterocycles. The molecule has 1 atom stereocenters. The van der Waals surface area contributed by atoms with E-state index in [0.717, 1.165) is 0 Å². The van der Waals surface area contributed by atoms with E-state index < -0.39 is 12.0 Å². The lowest BCUT2D eigenvalue weighted by molar-refractivity contribution is -0.135. The molecule has 0 saturated carbocycles. The Kier molecular flexibility index (Phi) is 5.78. The largest absolute Gasteiger partial charge is 0.481 e. The van der Waals surface area contributed by atoms with Crippen molar-refractivity contribution in [3.63, 3.8) is 0 Å². The van der Waals surface area contributed by atoms with Crippen molar-refractivity contribution >= 4 is 28.0 Å². The molecule has 1 aliphatic heterocycles. The van der Waals surface area contributed by atoms with Crippen LogP contribution >= 0.6 is 15.9 Å². The molecule has 0 N–H and O–H groups in total. The monoisotopic (exact) mass is 400 g/mol. The van der Waals surface area contributed by atoms with Crippen molar-refractivity contribution in [1.82, 2.24) is 9.80 Å². The topological polar surface area (TPSA) is 51.9 Å². The molecule has 0 radical (unpaired) electrons. The van der Waals surface area contributed by atoms with Crippen LogP contribution in [0.1, 0.15) is 12.0 Å². The minimum Gasteiger partial charge on any atom is -0.481 e. The summed E-state index contributed by atoms with van der Waals surface area (Å²) in [7, 11) is 5.24. The van der Waals surface area contributed by atoms with Crippen LogP contribution < -0.4 is 4.74 Å². The number of piperidine rings is 1. The highest BCUT2D eigenvalue weighted by Gasteiger charge is 2.46. The van der Waals surface area contributed by atoms with E-state index in [-0.39, 0.29) is 24.3 Å². The number of hydrogen-bond donors (Lipinski definition) is 0. The zero-order valence-electron chi connectivity index (χ0n) is 13.8. The van der Waals surface area contributed by atoms with Crippen molar-refractivity contribution in [2.45, 2.75) is 18.4 Å². The Morgan fingerprint density at radius 2 is 2.21 bits per heavy atom. The lowest BCUT2D eigenvalue weighted by atomic mass is 10.0. The van der Waals surface area contributed by atoms with Crippen molar-refractivity contribution in [1.29, 1.82) is 5.26 Å². The summed E-state index contributed by atoms with van der Waals surface area (Å²) in [6.07, 6.45) is 0.453. The van der Waals surface area contributed by atoms with Crippen LogP contribution in [0.3, 0.4) is 0 Å². The van der Waals surface area contributed by atoms with Crippen LogP contribution in [0.4, 0.5) is 14.5 Å². The third-order valence-electron chi connectivity index (χ3n) is 3.61. The summed E-state index contributed by atoms with van der Waals surface area (Å²) in [5, 5.41) is 9.46. The van der Waals surface area contributed by atoms with Gasteiger partial charge in [-0.3, -0.25) is 0 Å². The molecule has 0 amide bonds. The van der Waals surface area contributed by atoms with Crippen molar-refractivity contribution in [3.05, 3.63) is 22.2 Å². The molecule has 2 rings (SSSR count). The highest BCUT2D eigenvalue weighted by Crippen LogP contribution is 2.39. The van der Waals surface area contributed by atoms with Gasteiger partial charge in [0.05, 0.1) is 23.0 Å². The molecule has 0 spiro atoms. The highest BCUT2D eigenvalue weighted by molar-refractivity contribution is 9.10. The second kappa shape index (κ2) is 7.45. The molecule has 0 bridgehead atoms. The molecule has 8 heteroatoms. The van der Waals surface area contributed by atoms with Crippen molar-refractivity contribution in [3.8, 4) is 11.8 Å². The second-order valence-electron chi connectivity index (χ2n) is 5.98. The van der Waals surface area contributed by atoms with Crippen molar-refractivity contribution in [2.75, 3.05) is 34.2 Å². The highest BCUT2D eigenvalue weighted by atomic mass is 79.9. The number of aliphatic imine (C=N–C) groups is 1. The molecule has 5 nitrogen and oxygen atoms in total. The zero-order valence-corrected chi connectivity index (χ0v) is 15.3. The van der Waals surface area contributed by atoms with E-state index in [1.54, 1.807) is 43.1 Å². The van der Waals surface area contributed by atoms with Crippen LogP contribution in [-0.2, 0) is 0 Å². The average Bonchev–Trinajstić information content (AvgIpc) is 2.49. The molecule has 130 valence electrons. The van der Waals surface area contributed by atoms with Crippen LogP contribution in [0.5, 0.6) is 5.75 Å². The first-order valence-corrected chi connectivity index (χ1v) is 8.20. The van der Waals surface area contributed by atoms with E-state index in [4.69, 9.17) is 4.74 Å². The number of nitrogens with zero attached hydrogens (tertiary/aromatic N) is 4. The molecule has 0 unspecified atom stereocenters. The number of ether oxygens (including phenoxy) is 1. The molecule has 1 saturated heterocycles. The van der Waals surface area contributed by atoms with Crippen molar-refractivity contribution < 1.29 is 13.5 Å². The van der Waals surface area contributed by atoms with Gasteiger partial charge in [0.1, 0.15) is 11.6 Å². The number of halogens is 3. The summed E-state index contributed by atoms with van der Waals surface area (Å²) in [5.41, 5.74) is 0.512. The van der Waals surface area contributed by atoms with Gasteiger partial charge in [-0.2, -0.15) is 5.26 Å². The summed E-state index contributed by atoms with van der Waals surface area (Å²) in [5.74, 6) is -2.87. The third-order valence-corrected chi connectivity index (χ3v) is 4.24. The van der Waals surface area contributed by atoms with Gasteiger partial charge in [0, 0.05) is 27.1 Å². The lowest BCUT2D eigenvalue weighted by Gasteiger charge is -2.36. The molecule has 1 aliphatic rings. The minimum atomic E-state index is -2.98. The summed E-state index contributed by atoms with van der Waals surface area (Å²) in [6.45, 7) is 0.147. The Bertz CT molecular complexity index is 673. The smallest absolute Gasteiger partial charge is 0.296 e. The van der Waals surface area contributed by atoms with Gasteiger partial charge < -0.3 is 14.5 Å². The second-order valence-corrected chi connectivity index (χ2v) is 6.84. The lowest BCUT2D eigenvalue weighted by Crippen LogP contribution is -2.52. The summed E-state index contributed by atoms with van der Waals surface area (Å²) in [4.78, 5) is 7.49. The van der Waals surface area contributed by atoms with Crippen LogP contribution in [0, 0.1) is 11.3 Å². The van der Waals surface area contributed by atoms with E-state index in [2.05, 4.69) is 20.9 Å². The summed E-state index contributed by atoms with van der Waals surface area (Å²) < 4.78 is 34.5. The molecule has 1 aromatic rings. The van der Waals surface area contributed by atoms with Crippen LogP contribution in [0.15, 0.2) is 21.6 Å². The Morgan fingerprint density at radius 1 is 1.50 bits per heavy atom. The predicted octanol–water partition coefficient (Wildman–Crippen LogP) is 3.26. The maximum absolute atomic E-state index is 14.2. The Hall–Kier alpha value is -1.72. The van der Waals surface area contributed by atoms with E-state index in [1.807, 2.05) is 6.07 Å². The Labute approximate surface area is 148 Å². The van der Waals surface area contributed by atoms with Crippen molar-refractivity contribution in [2.24, 2.45) is 4.99 Å². The normalized spacial score (nSPS) is 20.8. The molecule has 0 aromatic heterocycles. The molecular formula is C16H19BrF2N4O. The van der Waals surface area contributed by atoms with Gasteiger partial charge in [0.15, 0.2) is 11.9 Å². The summed E-state index contributed by atoms with van der Waals surface area (Å²) in [6, 6.07) is 5.30. The number of likely N-dealkylation sites (tertiary alicyclic amines) is 1. The first-order valence-electron chi connectivity index (χ1n) is 7.41. The maximum Gasteiger partial charge on any atom is 0.296 e. The quantitative estimate of drug-likeness (QED) is 0.574. The number of benzene rings is 1. The van der Waals surface area contributed by atoms with Gasteiger partial charge in [-0.25, -0.2) is 13.8 Å². The first kappa shape index (κ1) is 18.6. The van der Waals surface area contributed by atoms with E-state index in [0.29, 0.717) is 16.7 Å². The van der Waals surface area contributed by atoms with Crippen LogP contribution in [0.2, 0.25) is 0 Å². The minimum absolute atomic E-state index is 0.111. The molecular weight excluding hydrogens is 382 g/mol. The Morgan fingerprint density at radius 3 is 2.79 bits per heavy atom. The molecule has 0 aliphatic carbocycles. The van der Waals surface area contributed by atoms with Crippen LogP contribution in [0.25, 0.3) is 0 Å². The van der Waals surface area contributed by atoms with Gasteiger partial charge >= 0.3 is 0 Å². The fraction of sp³-hybridized carbons (Fsp3) is 0.500. The SMILES string of the molecule is CN(C)C=Nc1ccc(Br)c(O[C@@H]2CCN(C)CC2(F)F)c1C#N. The first-order chi connectivity index (χ1) is 11.2. The van der Waals surface area contributed by atoms with E-state index >= 15 is 0 Å². The fourth-order valence-electron chi connectivity index (χ4n) is 2.43. The maximum atomic E-state index is 14.2. The standard InChI is InChI=1S/C16H19BrF2N4O/c1-22(2)10-21-13-5-4-12(17)15(11(13)8-20)24-14-6-7-23(3)9-16(14,18)19/h4-5,10,14H,6-7,9H2,1-3H3/t14-/m1/s1. The number of alkyl halides is 2. The van der Waals surface area contributed by atoms with Gasteiger partial charge in [-0.1, -0.05) is 0 Å². The number of rotatable bonds is 4. The van der Waals surface area contributed by atoms with E-state index in [9.17, 15) is 14.0 Å². The average molecular weight is 401 g/mol. The number of nitriles is 1. The molecule has 1 aromatic carbocycles. The third kappa shape index (κ3) is 4.22. The van der Waals surface area contributed by atoms with Gasteiger partial charge in [-0.05, 0) is 35.1 Å².